The van der Waals surface area contributed by atoms with E-state index in [4.69, 9.17) is 4.98 Å². The van der Waals surface area contributed by atoms with Gasteiger partial charge in [-0.25, -0.2) is 9.97 Å². The number of likely N-dealkylation sites (N-methyl/N-ethyl adjacent to an activating group) is 1. The fraction of sp³-hybridized carbons (Fsp3) is 0.348. The molecule has 0 saturated carbocycles. The van der Waals surface area contributed by atoms with Crippen LogP contribution in [0.15, 0.2) is 54.7 Å². The van der Waals surface area contributed by atoms with Crippen molar-refractivity contribution in [3.8, 4) is 11.3 Å². The summed E-state index contributed by atoms with van der Waals surface area (Å²) in [6, 6.07) is 16.1. The van der Waals surface area contributed by atoms with Gasteiger partial charge in [0.1, 0.15) is 0 Å². The molecule has 2 aromatic carbocycles. The Kier molecular flexibility index (Phi) is 5.83. The van der Waals surface area contributed by atoms with Gasteiger partial charge in [0.25, 0.3) is 0 Å². The van der Waals surface area contributed by atoms with Crippen LogP contribution in [-0.2, 0) is 4.79 Å². The van der Waals surface area contributed by atoms with Crippen molar-refractivity contribution in [1.29, 1.82) is 0 Å². The lowest BCUT2D eigenvalue weighted by Gasteiger charge is -2.28. The smallest absolute Gasteiger partial charge is 0.246 e. The molecule has 1 aliphatic heterocycles. The molecule has 150 valence electrons. The van der Waals surface area contributed by atoms with E-state index in [-0.39, 0.29) is 18.6 Å². The molecule has 1 N–H and O–H groups in total. The van der Waals surface area contributed by atoms with Crippen LogP contribution in [0.25, 0.3) is 22.0 Å². The molecular formula is C23H26N4O2. The molecule has 1 fully saturated rings. The summed E-state index contributed by atoms with van der Waals surface area (Å²) >= 11 is 0. The first kappa shape index (κ1) is 19.5. The van der Waals surface area contributed by atoms with Crippen molar-refractivity contribution in [2.75, 3.05) is 31.1 Å². The molecule has 1 amide bonds. The van der Waals surface area contributed by atoms with Crippen LogP contribution in [0.2, 0.25) is 0 Å². The first-order valence-electron chi connectivity index (χ1n) is 10.2. The second-order valence-corrected chi connectivity index (χ2v) is 7.30. The second kappa shape index (κ2) is 8.68. The number of aliphatic hydroxyl groups excluding tert-OH is 1. The Labute approximate surface area is 170 Å². The van der Waals surface area contributed by atoms with Crippen molar-refractivity contribution in [1.82, 2.24) is 14.9 Å². The Morgan fingerprint density at radius 3 is 2.83 bits per heavy atom. The minimum absolute atomic E-state index is 0.00844. The highest BCUT2D eigenvalue weighted by Crippen LogP contribution is 2.25. The minimum atomic E-state index is -0.213. The Morgan fingerprint density at radius 2 is 2.03 bits per heavy atom. The summed E-state index contributed by atoms with van der Waals surface area (Å²) in [4.78, 5) is 26.0. The molecule has 2 heterocycles. The summed E-state index contributed by atoms with van der Waals surface area (Å²) in [5.74, 6) is 0.438. The number of aromatic nitrogens is 2. The molecule has 0 bridgehead atoms. The van der Waals surface area contributed by atoms with Gasteiger partial charge in [0, 0.05) is 24.8 Å². The van der Waals surface area contributed by atoms with Crippen LogP contribution < -0.4 is 4.90 Å². The number of hydrogen-bond donors (Lipinski definition) is 1. The maximum atomic E-state index is 13.2. The van der Waals surface area contributed by atoms with Gasteiger partial charge < -0.3 is 5.11 Å². The molecule has 6 heteroatoms. The van der Waals surface area contributed by atoms with Gasteiger partial charge in [0.05, 0.1) is 18.3 Å². The predicted molar refractivity (Wildman–Crippen MR) is 115 cm³/mol. The van der Waals surface area contributed by atoms with Crippen LogP contribution in [0.4, 0.5) is 5.95 Å². The van der Waals surface area contributed by atoms with Crippen LogP contribution >= 0.6 is 0 Å². The number of fused-ring (bicyclic) bond motifs is 1. The third-order valence-corrected chi connectivity index (χ3v) is 5.55. The number of carbonyl (C=O) groups excluding carboxylic acids is 1. The van der Waals surface area contributed by atoms with Gasteiger partial charge in [0.2, 0.25) is 11.9 Å². The molecule has 0 spiro atoms. The van der Waals surface area contributed by atoms with Crippen LogP contribution in [0.1, 0.15) is 19.8 Å². The van der Waals surface area contributed by atoms with Gasteiger partial charge in [-0.2, -0.15) is 0 Å². The fourth-order valence-corrected chi connectivity index (χ4v) is 4.07. The molecule has 1 saturated heterocycles. The quantitative estimate of drug-likeness (QED) is 0.700. The number of amides is 1. The van der Waals surface area contributed by atoms with Crippen LogP contribution in [0, 0.1) is 0 Å². The summed E-state index contributed by atoms with van der Waals surface area (Å²) in [5, 5.41) is 11.6. The van der Waals surface area contributed by atoms with Crippen molar-refractivity contribution < 1.29 is 9.90 Å². The van der Waals surface area contributed by atoms with Gasteiger partial charge >= 0.3 is 0 Å². The number of likely N-dealkylation sites (tertiary alicyclic amines) is 1. The maximum Gasteiger partial charge on any atom is 0.246 e. The van der Waals surface area contributed by atoms with Crippen molar-refractivity contribution in [3.63, 3.8) is 0 Å². The maximum absolute atomic E-state index is 13.2. The van der Waals surface area contributed by atoms with Crippen molar-refractivity contribution in [2.45, 2.75) is 25.8 Å². The molecule has 3 aromatic rings. The number of anilines is 1. The summed E-state index contributed by atoms with van der Waals surface area (Å²) < 4.78 is 0. The monoisotopic (exact) mass is 390 g/mol. The Morgan fingerprint density at radius 1 is 1.21 bits per heavy atom. The molecule has 0 aliphatic carbocycles. The summed E-state index contributed by atoms with van der Waals surface area (Å²) in [6.07, 6.45) is 3.48. The molecule has 0 radical (unpaired) electrons. The molecule has 4 rings (SSSR count). The van der Waals surface area contributed by atoms with E-state index in [2.05, 4.69) is 34.1 Å². The molecule has 0 unspecified atom stereocenters. The van der Waals surface area contributed by atoms with Crippen LogP contribution in [-0.4, -0.2) is 58.2 Å². The predicted octanol–water partition coefficient (Wildman–Crippen LogP) is 3.11. The zero-order valence-corrected chi connectivity index (χ0v) is 16.7. The number of β-amino-alcohol motifs (C(OH)–C–C–N with tert-alkyl or cyclic N) is 1. The Balaban J connectivity index is 1.63. The first-order valence-corrected chi connectivity index (χ1v) is 10.2. The third-order valence-electron chi connectivity index (χ3n) is 5.55. The first-order chi connectivity index (χ1) is 14.2. The normalized spacial score (nSPS) is 17.0. The molecule has 29 heavy (non-hydrogen) atoms. The highest BCUT2D eigenvalue weighted by atomic mass is 16.3. The van der Waals surface area contributed by atoms with Gasteiger partial charge in [-0.1, -0.05) is 36.4 Å². The van der Waals surface area contributed by atoms with E-state index in [0.717, 1.165) is 36.0 Å². The lowest BCUT2D eigenvalue weighted by Crippen LogP contribution is -2.47. The minimum Gasteiger partial charge on any atom is -0.395 e. The lowest BCUT2D eigenvalue weighted by molar-refractivity contribution is -0.123. The Bertz CT molecular complexity index is 1010. The number of aliphatic hydroxyl groups is 1. The van der Waals surface area contributed by atoms with E-state index in [1.54, 1.807) is 11.1 Å². The fourth-order valence-electron chi connectivity index (χ4n) is 4.07. The zero-order valence-electron chi connectivity index (χ0n) is 16.7. The zero-order chi connectivity index (χ0) is 20.2. The van der Waals surface area contributed by atoms with Gasteiger partial charge in [0.15, 0.2) is 0 Å². The third kappa shape index (κ3) is 3.99. The van der Waals surface area contributed by atoms with Crippen LogP contribution in [0.5, 0.6) is 0 Å². The van der Waals surface area contributed by atoms with E-state index in [1.807, 2.05) is 31.2 Å². The molecule has 1 aliphatic rings. The molecular weight excluding hydrogens is 364 g/mol. The van der Waals surface area contributed by atoms with E-state index >= 15 is 0 Å². The standard InChI is InChI=1S/C23H26N4O2/c1-2-27(22(29)21-8-5-13-26(21)14-15-28)23-24-12-11-20(25-23)19-10-9-17-6-3-4-7-18(17)16-19/h3-4,6-7,9-12,16,21,28H,2,5,8,13-15H2,1H3/t21-/m0/s1. The van der Waals surface area contributed by atoms with E-state index in [9.17, 15) is 9.90 Å². The summed E-state index contributed by atoms with van der Waals surface area (Å²) in [5.41, 5.74) is 1.80. The van der Waals surface area contributed by atoms with Crippen molar-refractivity contribution >= 4 is 22.6 Å². The van der Waals surface area contributed by atoms with E-state index < -0.39 is 0 Å². The van der Waals surface area contributed by atoms with E-state index in [1.165, 1.54) is 5.39 Å². The second-order valence-electron chi connectivity index (χ2n) is 7.30. The number of carbonyl (C=O) groups is 1. The number of rotatable bonds is 6. The SMILES string of the molecule is CCN(C(=O)[C@@H]1CCCN1CCO)c1nccc(-c2ccc3ccccc3c2)n1. The summed E-state index contributed by atoms with van der Waals surface area (Å²) in [6.45, 7) is 3.86. The topological polar surface area (TPSA) is 69.6 Å². The number of hydrogen-bond acceptors (Lipinski definition) is 5. The van der Waals surface area contributed by atoms with Gasteiger partial charge in [-0.05, 0) is 49.2 Å². The van der Waals surface area contributed by atoms with E-state index in [0.29, 0.717) is 19.0 Å². The Hall–Kier alpha value is -2.83. The average Bonchev–Trinajstić information content (AvgIpc) is 3.23. The van der Waals surface area contributed by atoms with Gasteiger partial charge in [-0.3, -0.25) is 14.6 Å². The van der Waals surface area contributed by atoms with Crippen LogP contribution in [0.3, 0.4) is 0 Å². The highest BCUT2D eigenvalue weighted by Gasteiger charge is 2.34. The van der Waals surface area contributed by atoms with Gasteiger partial charge in [-0.15, -0.1) is 0 Å². The van der Waals surface area contributed by atoms with Crippen molar-refractivity contribution in [2.24, 2.45) is 0 Å². The van der Waals surface area contributed by atoms with Crippen molar-refractivity contribution in [3.05, 3.63) is 54.7 Å². The largest absolute Gasteiger partial charge is 0.395 e. The number of benzene rings is 2. The molecule has 6 nitrogen and oxygen atoms in total. The average molecular weight is 390 g/mol. The highest BCUT2D eigenvalue weighted by molar-refractivity contribution is 5.96. The lowest BCUT2D eigenvalue weighted by atomic mass is 10.1. The summed E-state index contributed by atoms with van der Waals surface area (Å²) in [7, 11) is 0. The number of nitrogens with zero attached hydrogens (tertiary/aromatic N) is 4. The molecule has 1 atom stereocenters. The molecule has 1 aromatic heterocycles.